The highest BCUT2D eigenvalue weighted by Gasteiger charge is 1.83. The first-order valence-electron chi connectivity index (χ1n) is 3.02. The van der Waals surface area contributed by atoms with Gasteiger partial charge >= 0.3 is 0 Å². The third kappa shape index (κ3) is 2.06. The summed E-state index contributed by atoms with van der Waals surface area (Å²) in [5, 5.41) is 0. The van der Waals surface area contributed by atoms with Gasteiger partial charge in [-0.25, -0.2) is 0 Å². The molecule has 0 amide bonds. The Morgan fingerprint density at radius 3 is 2.50 bits per heavy atom. The van der Waals surface area contributed by atoms with E-state index in [4.69, 9.17) is 0 Å². The van der Waals surface area contributed by atoms with Crippen LogP contribution < -0.4 is 0 Å². The second-order valence-electron chi connectivity index (χ2n) is 2.12. The molecule has 0 bridgehead atoms. The third-order valence-electron chi connectivity index (χ3n) is 1.28. The highest BCUT2D eigenvalue weighted by Crippen LogP contribution is 2.03. The highest BCUT2D eigenvalue weighted by molar-refractivity contribution is 5.47. The van der Waals surface area contributed by atoms with E-state index in [1.807, 2.05) is 18.2 Å². The number of hydrogen-bond donors (Lipinski definition) is 0. The Morgan fingerprint density at radius 2 is 2.10 bits per heavy atom. The van der Waals surface area contributed by atoms with Gasteiger partial charge in [0, 0.05) is 0 Å². The van der Waals surface area contributed by atoms with Crippen molar-refractivity contribution in [3.63, 3.8) is 0 Å². The molecule has 10 heavy (non-hydrogen) atoms. The Kier molecular flexibility index (Phi) is 3.48. The maximum absolute atomic E-state index is 3.67. The topological polar surface area (TPSA) is 0 Å². The third-order valence-corrected chi connectivity index (χ3v) is 1.28. The molecule has 1 rings (SSSR count). The van der Waals surface area contributed by atoms with Gasteiger partial charge in [0.1, 0.15) is 0 Å². The van der Waals surface area contributed by atoms with Gasteiger partial charge in [-0.2, -0.15) is 0 Å². The van der Waals surface area contributed by atoms with Crippen LogP contribution in [0.2, 0.25) is 0 Å². The average Bonchev–Trinajstić information content (AvgIpc) is 1.88. The minimum atomic E-state index is 0. The van der Waals surface area contributed by atoms with Gasteiger partial charge in [-0.1, -0.05) is 49.9 Å². The van der Waals surface area contributed by atoms with Crippen molar-refractivity contribution in [2.75, 3.05) is 0 Å². The molecule has 0 spiro atoms. The van der Waals surface area contributed by atoms with Crippen molar-refractivity contribution in [1.82, 2.24) is 0 Å². The van der Waals surface area contributed by atoms with Crippen LogP contribution in [0.4, 0.5) is 0 Å². The molecule has 0 N–H and O–H groups in total. The van der Waals surface area contributed by atoms with E-state index in [1.165, 1.54) is 11.1 Å². The molecular formula is C10H14. The van der Waals surface area contributed by atoms with Gasteiger partial charge in [0.05, 0.1) is 0 Å². The van der Waals surface area contributed by atoms with Crippen molar-refractivity contribution >= 4 is 6.08 Å². The normalized spacial score (nSPS) is 8.10. The van der Waals surface area contributed by atoms with Gasteiger partial charge in [0.15, 0.2) is 0 Å². The number of aryl methyl sites for hydroxylation is 1. The fourth-order valence-electron chi connectivity index (χ4n) is 0.797. The van der Waals surface area contributed by atoms with E-state index in [-0.39, 0.29) is 7.43 Å². The largest absolute Gasteiger partial charge is 0.0985 e. The lowest BCUT2D eigenvalue weighted by Crippen LogP contribution is -1.72. The molecule has 1 aromatic carbocycles. The summed E-state index contributed by atoms with van der Waals surface area (Å²) in [7, 11) is 0. The van der Waals surface area contributed by atoms with Crippen molar-refractivity contribution in [2.45, 2.75) is 14.4 Å². The van der Waals surface area contributed by atoms with Crippen LogP contribution in [0.5, 0.6) is 0 Å². The molecule has 0 aromatic heterocycles. The average molecular weight is 134 g/mol. The Bertz CT molecular complexity index is 211. The molecule has 0 aliphatic carbocycles. The minimum Gasteiger partial charge on any atom is -0.0985 e. The molecule has 0 atom stereocenters. The fourth-order valence-corrected chi connectivity index (χ4v) is 0.797. The Morgan fingerprint density at radius 1 is 1.40 bits per heavy atom. The molecule has 0 heterocycles. The molecule has 0 saturated heterocycles. The van der Waals surface area contributed by atoms with E-state index < -0.39 is 0 Å². The zero-order valence-electron chi connectivity index (χ0n) is 5.59. The van der Waals surface area contributed by atoms with Crippen LogP contribution in [-0.4, -0.2) is 0 Å². The van der Waals surface area contributed by atoms with Gasteiger partial charge in [0.2, 0.25) is 0 Å². The van der Waals surface area contributed by atoms with Gasteiger partial charge in [-0.15, -0.1) is 0 Å². The Balaban J connectivity index is 0.000000810. The van der Waals surface area contributed by atoms with E-state index in [0.717, 1.165) is 0 Å². The molecular weight excluding hydrogens is 120 g/mol. The lowest BCUT2D eigenvalue weighted by molar-refractivity contribution is 1.46. The van der Waals surface area contributed by atoms with Crippen LogP contribution in [0.15, 0.2) is 30.8 Å². The van der Waals surface area contributed by atoms with E-state index in [2.05, 4.69) is 25.6 Å². The van der Waals surface area contributed by atoms with Crippen molar-refractivity contribution in [1.29, 1.82) is 0 Å². The Hall–Kier alpha value is -1.04. The van der Waals surface area contributed by atoms with Gasteiger partial charge in [-0.3, -0.25) is 0 Å². The summed E-state index contributed by atoms with van der Waals surface area (Å²) in [6.45, 7) is 5.75. The number of hydrogen-bond acceptors (Lipinski definition) is 0. The second kappa shape index (κ2) is 3.89. The standard InChI is InChI=1S/C9H10.CH4/c1-3-9-6-4-5-8(2)7-9;/h3-7H,1H2,2H3;1H4. The van der Waals surface area contributed by atoms with E-state index in [0.29, 0.717) is 0 Å². The first kappa shape index (κ1) is 8.96. The molecule has 0 saturated carbocycles. The van der Waals surface area contributed by atoms with Crippen molar-refractivity contribution < 1.29 is 0 Å². The monoisotopic (exact) mass is 134 g/mol. The first-order chi connectivity index (χ1) is 4.33. The summed E-state index contributed by atoms with van der Waals surface area (Å²) in [5.74, 6) is 0. The zero-order chi connectivity index (χ0) is 6.69. The summed E-state index contributed by atoms with van der Waals surface area (Å²) >= 11 is 0. The van der Waals surface area contributed by atoms with Crippen molar-refractivity contribution in [3.8, 4) is 0 Å². The number of benzene rings is 1. The second-order valence-corrected chi connectivity index (χ2v) is 2.12. The summed E-state index contributed by atoms with van der Waals surface area (Å²) < 4.78 is 0. The SMILES string of the molecule is C.C=Cc1cccc(C)c1. The van der Waals surface area contributed by atoms with Gasteiger partial charge in [-0.05, 0) is 12.5 Å². The summed E-state index contributed by atoms with van der Waals surface area (Å²) in [5.41, 5.74) is 2.47. The molecule has 1 aromatic rings. The Labute approximate surface area is 63.2 Å². The van der Waals surface area contributed by atoms with Crippen LogP contribution in [0.25, 0.3) is 6.08 Å². The molecule has 0 aliphatic rings. The minimum absolute atomic E-state index is 0. The summed E-state index contributed by atoms with van der Waals surface area (Å²) in [6.07, 6.45) is 1.85. The maximum Gasteiger partial charge on any atom is -0.0260 e. The molecule has 0 radical (unpaired) electrons. The van der Waals surface area contributed by atoms with Crippen LogP contribution in [-0.2, 0) is 0 Å². The van der Waals surface area contributed by atoms with E-state index >= 15 is 0 Å². The highest BCUT2D eigenvalue weighted by atomic mass is 13.9. The van der Waals surface area contributed by atoms with E-state index in [9.17, 15) is 0 Å². The zero-order valence-corrected chi connectivity index (χ0v) is 5.59. The lowest BCUT2D eigenvalue weighted by atomic mass is 10.1. The predicted octanol–water partition coefficient (Wildman–Crippen LogP) is 3.27. The fraction of sp³-hybridized carbons (Fsp3) is 0.200. The molecule has 0 nitrogen and oxygen atoms in total. The van der Waals surface area contributed by atoms with Gasteiger partial charge < -0.3 is 0 Å². The van der Waals surface area contributed by atoms with E-state index in [1.54, 1.807) is 0 Å². The molecule has 0 aliphatic heterocycles. The first-order valence-corrected chi connectivity index (χ1v) is 3.02. The van der Waals surface area contributed by atoms with Crippen molar-refractivity contribution in [2.24, 2.45) is 0 Å². The molecule has 54 valence electrons. The predicted molar refractivity (Wildman–Crippen MR) is 48.0 cm³/mol. The quantitative estimate of drug-likeness (QED) is 0.553. The van der Waals surface area contributed by atoms with Crippen molar-refractivity contribution in [3.05, 3.63) is 42.0 Å². The molecule has 0 unspecified atom stereocenters. The smallest absolute Gasteiger partial charge is 0.0260 e. The summed E-state index contributed by atoms with van der Waals surface area (Å²) in [4.78, 5) is 0. The van der Waals surface area contributed by atoms with Crippen LogP contribution >= 0.6 is 0 Å². The lowest BCUT2D eigenvalue weighted by Gasteiger charge is -1.92. The summed E-state index contributed by atoms with van der Waals surface area (Å²) in [6, 6.07) is 8.26. The molecule has 0 fully saturated rings. The van der Waals surface area contributed by atoms with Crippen LogP contribution in [0, 0.1) is 6.92 Å². The van der Waals surface area contributed by atoms with Crippen LogP contribution in [0.3, 0.4) is 0 Å². The van der Waals surface area contributed by atoms with Gasteiger partial charge in [0.25, 0.3) is 0 Å². The van der Waals surface area contributed by atoms with Crippen LogP contribution in [0.1, 0.15) is 18.6 Å². The molecule has 0 heteroatoms. The number of rotatable bonds is 1. The maximum atomic E-state index is 3.67.